The van der Waals surface area contributed by atoms with Crippen LogP contribution in [0.1, 0.15) is 5.56 Å². The monoisotopic (exact) mass is 322 g/mol. The van der Waals surface area contributed by atoms with Crippen molar-refractivity contribution in [2.75, 3.05) is 20.7 Å². The quantitative estimate of drug-likeness (QED) is 0.675. The number of benzene rings is 1. The highest BCUT2D eigenvalue weighted by molar-refractivity contribution is 8.26. The fourth-order valence-electron chi connectivity index (χ4n) is 1.71. The highest BCUT2D eigenvalue weighted by Crippen LogP contribution is 2.32. The second-order valence-corrected chi connectivity index (χ2v) is 5.89. The van der Waals surface area contributed by atoms with Gasteiger partial charge >= 0.3 is 0 Å². The maximum Gasteiger partial charge on any atom is 0.266 e. The summed E-state index contributed by atoms with van der Waals surface area (Å²) in [6, 6.07) is 7.34. The van der Waals surface area contributed by atoms with Crippen molar-refractivity contribution in [3.05, 3.63) is 34.7 Å². The number of hydrogen-bond donors (Lipinski definition) is 1. The van der Waals surface area contributed by atoms with Gasteiger partial charge in [-0.2, -0.15) is 0 Å². The van der Waals surface area contributed by atoms with Crippen LogP contribution in [0, 0.1) is 0 Å². The molecule has 1 fully saturated rings. The average molecular weight is 322 g/mol. The summed E-state index contributed by atoms with van der Waals surface area (Å²) in [5, 5.41) is 2.48. The van der Waals surface area contributed by atoms with E-state index in [1.165, 1.54) is 23.7 Å². The number of amides is 2. The molecular formula is C14H14N2O3S2. The average Bonchev–Trinajstić information content (AvgIpc) is 2.75. The van der Waals surface area contributed by atoms with Crippen molar-refractivity contribution >= 4 is 46.2 Å². The number of hydrogen-bond acceptors (Lipinski definition) is 5. The van der Waals surface area contributed by atoms with E-state index in [1.54, 1.807) is 13.2 Å². The Kier molecular flexibility index (Phi) is 4.98. The molecule has 21 heavy (non-hydrogen) atoms. The molecule has 2 rings (SSSR count). The smallest absolute Gasteiger partial charge is 0.266 e. The van der Waals surface area contributed by atoms with E-state index in [-0.39, 0.29) is 18.4 Å². The summed E-state index contributed by atoms with van der Waals surface area (Å²) in [5.74, 6) is 0.251. The van der Waals surface area contributed by atoms with Crippen molar-refractivity contribution in [2.24, 2.45) is 0 Å². The van der Waals surface area contributed by atoms with Crippen LogP contribution in [-0.4, -0.2) is 41.7 Å². The molecule has 0 atom stereocenters. The van der Waals surface area contributed by atoms with Crippen molar-refractivity contribution in [3.8, 4) is 5.75 Å². The van der Waals surface area contributed by atoms with Gasteiger partial charge in [-0.05, 0) is 23.8 Å². The summed E-state index contributed by atoms with van der Waals surface area (Å²) in [6.45, 7) is -0.0544. The van der Waals surface area contributed by atoms with Crippen LogP contribution >= 0.6 is 24.0 Å². The first-order valence-corrected chi connectivity index (χ1v) is 7.37. The lowest BCUT2D eigenvalue weighted by Gasteiger charge is -2.12. The second-order valence-electron chi connectivity index (χ2n) is 4.21. The molecule has 0 radical (unpaired) electrons. The van der Waals surface area contributed by atoms with E-state index in [0.29, 0.717) is 9.23 Å². The molecule has 1 aliphatic heterocycles. The van der Waals surface area contributed by atoms with E-state index in [4.69, 9.17) is 17.0 Å². The number of likely N-dealkylation sites (N-methyl/N-ethyl adjacent to an activating group) is 1. The van der Waals surface area contributed by atoms with Gasteiger partial charge in [-0.3, -0.25) is 14.5 Å². The predicted molar refractivity (Wildman–Crippen MR) is 86.9 cm³/mol. The first-order valence-electron chi connectivity index (χ1n) is 6.15. The fourth-order valence-corrected chi connectivity index (χ4v) is 2.97. The van der Waals surface area contributed by atoms with Crippen LogP contribution < -0.4 is 10.1 Å². The van der Waals surface area contributed by atoms with E-state index in [2.05, 4.69) is 5.32 Å². The van der Waals surface area contributed by atoms with E-state index in [0.717, 1.165) is 11.3 Å². The molecule has 0 bridgehead atoms. The maximum absolute atomic E-state index is 12.2. The Labute approximate surface area is 132 Å². The lowest BCUT2D eigenvalue weighted by Crippen LogP contribution is -2.38. The van der Waals surface area contributed by atoms with Gasteiger partial charge in [0.05, 0.1) is 12.0 Å². The molecule has 7 heteroatoms. The molecular weight excluding hydrogens is 308 g/mol. The number of carbonyl (C=O) groups excluding carboxylic acids is 2. The molecule has 1 aliphatic rings. The minimum atomic E-state index is -0.253. The standard InChI is InChI=1S/C14H14N2O3S2/c1-15-12(17)8-16-13(18)11(21-14(16)20)7-9-3-5-10(19-2)6-4-9/h3-7H,8H2,1-2H3,(H,15,17)/b11-7-. The van der Waals surface area contributed by atoms with Gasteiger partial charge in [-0.15, -0.1) is 0 Å². The van der Waals surface area contributed by atoms with E-state index < -0.39 is 0 Å². The van der Waals surface area contributed by atoms with Crippen molar-refractivity contribution in [1.82, 2.24) is 10.2 Å². The molecule has 1 N–H and O–H groups in total. The maximum atomic E-state index is 12.2. The van der Waals surface area contributed by atoms with Gasteiger partial charge in [0, 0.05) is 7.05 Å². The minimum absolute atomic E-state index is 0.0544. The molecule has 2 amide bonds. The highest BCUT2D eigenvalue weighted by Gasteiger charge is 2.33. The summed E-state index contributed by atoms with van der Waals surface area (Å²) in [5.41, 5.74) is 0.872. The van der Waals surface area contributed by atoms with Crippen LogP contribution in [0.3, 0.4) is 0 Å². The zero-order valence-corrected chi connectivity index (χ0v) is 13.2. The van der Waals surface area contributed by atoms with Crippen molar-refractivity contribution in [2.45, 2.75) is 0 Å². The third-order valence-corrected chi connectivity index (χ3v) is 4.25. The Balaban J connectivity index is 2.17. The van der Waals surface area contributed by atoms with Gasteiger partial charge in [0.1, 0.15) is 16.6 Å². The summed E-state index contributed by atoms with van der Waals surface area (Å²) in [7, 11) is 3.12. The van der Waals surface area contributed by atoms with Crippen molar-refractivity contribution < 1.29 is 14.3 Å². The molecule has 1 aromatic rings. The first-order chi connectivity index (χ1) is 10.0. The summed E-state index contributed by atoms with van der Waals surface area (Å²) < 4.78 is 5.48. The molecule has 0 spiro atoms. The summed E-state index contributed by atoms with van der Waals surface area (Å²) >= 11 is 6.34. The molecule has 1 saturated heterocycles. The van der Waals surface area contributed by atoms with E-state index >= 15 is 0 Å². The number of rotatable bonds is 4. The zero-order valence-electron chi connectivity index (χ0n) is 11.6. The molecule has 0 unspecified atom stereocenters. The number of carbonyl (C=O) groups is 2. The van der Waals surface area contributed by atoms with Gasteiger partial charge < -0.3 is 10.1 Å². The lowest BCUT2D eigenvalue weighted by molar-refractivity contribution is -0.128. The Bertz CT molecular complexity index is 611. The number of nitrogens with one attached hydrogen (secondary N) is 1. The van der Waals surface area contributed by atoms with Crippen molar-refractivity contribution in [3.63, 3.8) is 0 Å². The molecule has 0 saturated carbocycles. The highest BCUT2D eigenvalue weighted by atomic mass is 32.2. The molecule has 1 aromatic carbocycles. The molecule has 1 heterocycles. The first kappa shape index (κ1) is 15.5. The predicted octanol–water partition coefficient (Wildman–Crippen LogP) is 1.64. The van der Waals surface area contributed by atoms with Crippen LogP contribution in [0.4, 0.5) is 0 Å². The van der Waals surface area contributed by atoms with Gasteiger partial charge in [0.15, 0.2) is 0 Å². The zero-order chi connectivity index (χ0) is 15.4. The van der Waals surface area contributed by atoms with Gasteiger partial charge in [0.25, 0.3) is 5.91 Å². The molecule has 0 aliphatic carbocycles. The number of thiocarbonyl (C=S) groups is 1. The minimum Gasteiger partial charge on any atom is -0.497 e. The lowest BCUT2D eigenvalue weighted by atomic mass is 10.2. The Morgan fingerprint density at radius 2 is 2.10 bits per heavy atom. The molecule has 0 aromatic heterocycles. The number of methoxy groups -OCH3 is 1. The van der Waals surface area contributed by atoms with Crippen LogP contribution in [0.2, 0.25) is 0 Å². The summed E-state index contributed by atoms with van der Waals surface area (Å²) in [6.07, 6.45) is 1.75. The topological polar surface area (TPSA) is 58.6 Å². The number of nitrogens with zero attached hydrogens (tertiary/aromatic N) is 1. The third kappa shape index (κ3) is 3.62. The van der Waals surface area contributed by atoms with Gasteiger partial charge in [-0.1, -0.05) is 36.1 Å². The molecule has 110 valence electrons. The normalized spacial score (nSPS) is 16.5. The van der Waals surface area contributed by atoms with Crippen LogP contribution in [-0.2, 0) is 9.59 Å². The number of thioether (sulfide) groups is 1. The Hall–Kier alpha value is -1.86. The summed E-state index contributed by atoms with van der Waals surface area (Å²) in [4.78, 5) is 25.4. The van der Waals surface area contributed by atoms with Crippen LogP contribution in [0.25, 0.3) is 6.08 Å². The van der Waals surface area contributed by atoms with E-state index in [1.807, 2.05) is 24.3 Å². The van der Waals surface area contributed by atoms with Crippen LogP contribution in [0.15, 0.2) is 29.2 Å². The van der Waals surface area contributed by atoms with Crippen LogP contribution in [0.5, 0.6) is 5.75 Å². The second kappa shape index (κ2) is 6.73. The largest absolute Gasteiger partial charge is 0.497 e. The van der Waals surface area contributed by atoms with E-state index in [9.17, 15) is 9.59 Å². The Morgan fingerprint density at radius 1 is 1.43 bits per heavy atom. The fraction of sp³-hybridized carbons (Fsp3) is 0.214. The third-order valence-electron chi connectivity index (χ3n) is 2.87. The SMILES string of the molecule is CNC(=O)CN1C(=O)/C(=C/c2ccc(OC)cc2)SC1=S. The number of ether oxygens (including phenoxy) is 1. The van der Waals surface area contributed by atoms with Gasteiger partial charge in [0.2, 0.25) is 5.91 Å². The molecule has 5 nitrogen and oxygen atoms in total. The Morgan fingerprint density at radius 3 is 2.67 bits per heavy atom. The van der Waals surface area contributed by atoms with Gasteiger partial charge in [-0.25, -0.2) is 0 Å². The van der Waals surface area contributed by atoms with Crippen molar-refractivity contribution in [1.29, 1.82) is 0 Å².